The van der Waals surface area contributed by atoms with Gasteiger partial charge in [0, 0.05) is 18.4 Å². The molecule has 1 saturated carbocycles. The van der Waals surface area contributed by atoms with E-state index in [1.807, 2.05) is 6.92 Å². The maximum atomic E-state index is 5.81. The number of methoxy groups -OCH3 is 1. The molecule has 3 N–H and O–H groups in total. The Kier molecular flexibility index (Phi) is 4.37. The Labute approximate surface area is 114 Å². The fraction of sp³-hybridized carbons (Fsp3) is 0.714. The molecule has 0 amide bonds. The van der Waals surface area contributed by atoms with E-state index in [-0.39, 0.29) is 5.60 Å². The fourth-order valence-corrected chi connectivity index (χ4v) is 2.89. The summed E-state index contributed by atoms with van der Waals surface area (Å²) in [5, 5.41) is 0. The Balaban J connectivity index is 2.48. The van der Waals surface area contributed by atoms with Gasteiger partial charge in [-0.15, -0.1) is 0 Å². The van der Waals surface area contributed by atoms with Crippen LogP contribution in [0, 0.1) is 6.92 Å². The lowest BCUT2D eigenvalue weighted by Crippen LogP contribution is -2.34. The molecule has 5 heteroatoms. The molecule has 1 aliphatic rings. The Hall–Kier alpha value is -1.20. The van der Waals surface area contributed by atoms with Gasteiger partial charge in [0.1, 0.15) is 11.4 Å². The molecular weight excluding hydrogens is 240 g/mol. The molecule has 1 aliphatic carbocycles. The van der Waals surface area contributed by atoms with Gasteiger partial charge in [-0.25, -0.2) is 15.8 Å². The number of aromatic nitrogens is 2. The van der Waals surface area contributed by atoms with E-state index >= 15 is 0 Å². The second-order valence-electron chi connectivity index (χ2n) is 5.22. The van der Waals surface area contributed by atoms with Gasteiger partial charge in [0.25, 0.3) is 0 Å². The zero-order valence-electron chi connectivity index (χ0n) is 12.1. The standard InChI is InChI=1S/C14H24N4O/c1-4-11-10(2)12(18-15)17-13(16-11)14(19-3)8-6-5-7-9-14/h4-9,15H2,1-3H3,(H,16,17,18). The van der Waals surface area contributed by atoms with E-state index in [4.69, 9.17) is 15.6 Å². The molecule has 0 radical (unpaired) electrons. The summed E-state index contributed by atoms with van der Waals surface area (Å²) < 4.78 is 5.81. The second kappa shape index (κ2) is 5.84. The Morgan fingerprint density at radius 2 is 1.95 bits per heavy atom. The van der Waals surface area contributed by atoms with Crippen LogP contribution in [-0.4, -0.2) is 17.1 Å². The molecule has 0 aliphatic heterocycles. The van der Waals surface area contributed by atoms with Crippen molar-refractivity contribution in [3.05, 3.63) is 17.1 Å². The quantitative estimate of drug-likeness (QED) is 0.645. The number of hydrogen-bond acceptors (Lipinski definition) is 5. The van der Waals surface area contributed by atoms with Crippen molar-refractivity contribution in [3.63, 3.8) is 0 Å². The third kappa shape index (κ3) is 2.58. The molecule has 5 nitrogen and oxygen atoms in total. The van der Waals surface area contributed by atoms with Crippen LogP contribution >= 0.6 is 0 Å². The minimum Gasteiger partial charge on any atom is -0.370 e. The fourth-order valence-electron chi connectivity index (χ4n) is 2.89. The summed E-state index contributed by atoms with van der Waals surface area (Å²) >= 11 is 0. The molecule has 1 fully saturated rings. The summed E-state index contributed by atoms with van der Waals surface area (Å²) in [6.07, 6.45) is 6.44. The first-order valence-electron chi connectivity index (χ1n) is 7.06. The number of ether oxygens (including phenoxy) is 1. The smallest absolute Gasteiger partial charge is 0.162 e. The van der Waals surface area contributed by atoms with E-state index in [0.717, 1.165) is 49.2 Å². The first kappa shape index (κ1) is 14.2. The van der Waals surface area contributed by atoms with Crippen LogP contribution in [0.3, 0.4) is 0 Å². The van der Waals surface area contributed by atoms with Gasteiger partial charge in [-0.3, -0.25) is 0 Å². The highest BCUT2D eigenvalue weighted by Crippen LogP contribution is 2.39. The Morgan fingerprint density at radius 1 is 1.26 bits per heavy atom. The number of nitrogens with one attached hydrogen (secondary N) is 1. The molecule has 0 spiro atoms. The topological polar surface area (TPSA) is 73.1 Å². The van der Waals surface area contributed by atoms with E-state index < -0.39 is 0 Å². The zero-order chi connectivity index (χ0) is 13.9. The van der Waals surface area contributed by atoms with Crippen molar-refractivity contribution in [1.29, 1.82) is 0 Å². The second-order valence-corrected chi connectivity index (χ2v) is 5.22. The van der Waals surface area contributed by atoms with Gasteiger partial charge >= 0.3 is 0 Å². The molecule has 0 atom stereocenters. The summed E-state index contributed by atoms with van der Waals surface area (Å²) in [5.74, 6) is 7.07. The SMILES string of the molecule is CCc1nc(C2(OC)CCCCC2)nc(NN)c1C. The average Bonchev–Trinajstić information content (AvgIpc) is 2.48. The van der Waals surface area contributed by atoms with Crippen molar-refractivity contribution in [1.82, 2.24) is 9.97 Å². The van der Waals surface area contributed by atoms with Gasteiger partial charge in [-0.2, -0.15) is 0 Å². The number of nitrogen functional groups attached to an aromatic ring is 1. The van der Waals surface area contributed by atoms with Gasteiger partial charge < -0.3 is 10.2 Å². The maximum absolute atomic E-state index is 5.81. The van der Waals surface area contributed by atoms with Crippen molar-refractivity contribution < 1.29 is 4.74 Å². The molecule has 0 saturated heterocycles. The third-order valence-corrected chi connectivity index (χ3v) is 4.18. The Bertz CT molecular complexity index is 416. The highest BCUT2D eigenvalue weighted by Gasteiger charge is 2.37. The van der Waals surface area contributed by atoms with E-state index in [1.165, 1.54) is 6.42 Å². The van der Waals surface area contributed by atoms with Crippen LogP contribution in [-0.2, 0) is 16.8 Å². The maximum Gasteiger partial charge on any atom is 0.162 e. The van der Waals surface area contributed by atoms with E-state index in [0.29, 0.717) is 5.82 Å². The highest BCUT2D eigenvalue weighted by atomic mass is 16.5. The third-order valence-electron chi connectivity index (χ3n) is 4.18. The van der Waals surface area contributed by atoms with Gasteiger partial charge in [-0.05, 0) is 26.2 Å². The number of nitrogens with zero attached hydrogens (tertiary/aromatic N) is 2. The van der Waals surface area contributed by atoms with Crippen LogP contribution < -0.4 is 11.3 Å². The molecule has 1 heterocycles. The lowest BCUT2D eigenvalue weighted by atomic mass is 9.83. The molecule has 1 aromatic heterocycles. The van der Waals surface area contributed by atoms with Crippen molar-refractivity contribution in [3.8, 4) is 0 Å². The summed E-state index contributed by atoms with van der Waals surface area (Å²) in [7, 11) is 1.76. The van der Waals surface area contributed by atoms with Crippen LogP contribution in [0.1, 0.15) is 56.1 Å². The predicted molar refractivity (Wildman–Crippen MR) is 75.7 cm³/mol. The summed E-state index contributed by atoms with van der Waals surface area (Å²) in [5.41, 5.74) is 4.42. The number of hydrazine groups is 1. The average molecular weight is 264 g/mol. The van der Waals surface area contributed by atoms with E-state index in [1.54, 1.807) is 7.11 Å². The van der Waals surface area contributed by atoms with E-state index in [9.17, 15) is 0 Å². The molecule has 2 rings (SSSR count). The summed E-state index contributed by atoms with van der Waals surface area (Å²) in [6, 6.07) is 0. The van der Waals surface area contributed by atoms with Crippen LogP contribution in [0.2, 0.25) is 0 Å². The van der Waals surface area contributed by atoms with Crippen molar-refractivity contribution in [2.45, 2.75) is 58.0 Å². The molecular formula is C14H24N4O. The predicted octanol–water partition coefficient (Wildman–Crippen LogP) is 2.44. The van der Waals surface area contributed by atoms with Gasteiger partial charge in [0.15, 0.2) is 5.82 Å². The number of nitrogens with two attached hydrogens (primary N) is 1. The molecule has 1 aromatic rings. The monoisotopic (exact) mass is 264 g/mol. The molecule has 0 unspecified atom stereocenters. The summed E-state index contributed by atoms with van der Waals surface area (Å²) in [6.45, 7) is 4.10. The highest BCUT2D eigenvalue weighted by molar-refractivity contribution is 5.45. The number of rotatable bonds is 4. The van der Waals surface area contributed by atoms with E-state index in [2.05, 4.69) is 17.3 Å². The van der Waals surface area contributed by atoms with Crippen LogP contribution in [0.15, 0.2) is 0 Å². The largest absolute Gasteiger partial charge is 0.370 e. The van der Waals surface area contributed by atoms with Gasteiger partial charge in [0.2, 0.25) is 0 Å². The van der Waals surface area contributed by atoms with Crippen LogP contribution in [0.5, 0.6) is 0 Å². The van der Waals surface area contributed by atoms with Gasteiger partial charge in [0.05, 0.1) is 0 Å². The van der Waals surface area contributed by atoms with Crippen LogP contribution in [0.4, 0.5) is 5.82 Å². The number of anilines is 1. The molecule has 0 bridgehead atoms. The van der Waals surface area contributed by atoms with Crippen molar-refractivity contribution in [2.24, 2.45) is 5.84 Å². The lowest BCUT2D eigenvalue weighted by Gasteiger charge is -2.35. The molecule has 19 heavy (non-hydrogen) atoms. The first-order chi connectivity index (χ1) is 9.16. The minimum atomic E-state index is -0.332. The zero-order valence-corrected chi connectivity index (χ0v) is 12.1. The minimum absolute atomic E-state index is 0.332. The molecule has 106 valence electrons. The number of aryl methyl sites for hydroxylation is 1. The summed E-state index contributed by atoms with van der Waals surface area (Å²) in [4.78, 5) is 9.33. The van der Waals surface area contributed by atoms with Gasteiger partial charge in [-0.1, -0.05) is 26.2 Å². The van der Waals surface area contributed by atoms with Crippen LogP contribution in [0.25, 0.3) is 0 Å². The lowest BCUT2D eigenvalue weighted by molar-refractivity contribution is -0.0515. The van der Waals surface area contributed by atoms with Crippen molar-refractivity contribution >= 4 is 5.82 Å². The Morgan fingerprint density at radius 3 is 2.47 bits per heavy atom. The number of hydrogen-bond donors (Lipinski definition) is 2. The first-order valence-corrected chi connectivity index (χ1v) is 7.06. The normalized spacial score (nSPS) is 18.3. The van der Waals surface area contributed by atoms with Crippen molar-refractivity contribution in [2.75, 3.05) is 12.5 Å². The molecule has 0 aromatic carbocycles.